The van der Waals surface area contributed by atoms with E-state index in [1.807, 2.05) is 54.6 Å². The molecule has 9 heteroatoms. The molecule has 3 rings (SSSR count). The standard InChI is InChI=1S/C25H29N7O.HI/c1-3-16-33-23-14-8-7-10-19(23)18-30-25(28-2)29-15-9-13-22-21(17-26)24(27)32(31-22)20-11-5-4-6-12-20;/h3-8,10-12,14H,1,9,13,15-16,18,27H2,2H3,(H2,28,29,30);1H. The van der Waals surface area contributed by atoms with Crippen LogP contribution < -0.4 is 21.1 Å². The molecule has 1 aromatic heterocycles. The summed E-state index contributed by atoms with van der Waals surface area (Å²) in [6, 6.07) is 19.6. The second-order valence-electron chi connectivity index (χ2n) is 7.23. The highest BCUT2D eigenvalue weighted by atomic mass is 127. The van der Waals surface area contributed by atoms with E-state index in [0.29, 0.717) is 49.2 Å². The number of benzene rings is 2. The van der Waals surface area contributed by atoms with Gasteiger partial charge in [-0.25, -0.2) is 4.68 Å². The number of ether oxygens (including phenoxy) is 1. The Morgan fingerprint density at radius 1 is 1.21 bits per heavy atom. The van der Waals surface area contributed by atoms with Crippen molar-refractivity contribution < 1.29 is 4.74 Å². The van der Waals surface area contributed by atoms with Crippen LogP contribution in [0.3, 0.4) is 0 Å². The van der Waals surface area contributed by atoms with Crippen LogP contribution in [-0.2, 0) is 13.0 Å². The van der Waals surface area contributed by atoms with Gasteiger partial charge in [0.1, 0.15) is 29.8 Å². The Balaban J connectivity index is 0.00000408. The average Bonchev–Trinajstić information content (AvgIpc) is 3.18. The molecule has 0 atom stereocenters. The summed E-state index contributed by atoms with van der Waals surface area (Å²) in [6.07, 6.45) is 3.10. The number of para-hydroxylation sites is 2. The first-order chi connectivity index (χ1) is 16.2. The van der Waals surface area contributed by atoms with E-state index in [1.165, 1.54) is 0 Å². The predicted molar refractivity (Wildman–Crippen MR) is 147 cm³/mol. The molecule has 0 saturated carbocycles. The van der Waals surface area contributed by atoms with Gasteiger partial charge in [0.25, 0.3) is 0 Å². The summed E-state index contributed by atoms with van der Waals surface area (Å²) in [5.41, 5.74) is 9.16. The van der Waals surface area contributed by atoms with Crippen molar-refractivity contribution in [2.45, 2.75) is 19.4 Å². The Bertz CT molecular complexity index is 1140. The number of anilines is 1. The predicted octanol–water partition coefficient (Wildman–Crippen LogP) is 3.81. The summed E-state index contributed by atoms with van der Waals surface area (Å²) in [7, 11) is 1.73. The molecule has 0 bridgehead atoms. The van der Waals surface area contributed by atoms with Gasteiger partial charge in [0.05, 0.1) is 11.4 Å². The highest BCUT2D eigenvalue weighted by molar-refractivity contribution is 14.0. The number of guanidine groups is 1. The summed E-state index contributed by atoms with van der Waals surface area (Å²) < 4.78 is 7.32. The van der Waals surface area contributed by atoms with Gasteiger partial charge in [-0.1, -0.05) is 49.1 Å². The fourth-order valence-corrected chi connectivity index (χ4v) is 3.34. The van der Waals surface area contributed by atoms with Gasteiger partial charge >= 0.3 is 0 Å². The molecule has 0 spiro atoms. The van der Waals surface area contributed by atoms with Crippen LogP contribution in [0.25, 0.3) is 5.69 Å². The van der Waals surface area contributed by atoms with Gasteiger partial charge < -0.3 is 21.1 Å². The molecule has 2 aromatic carbocycles. The monoisotopic (exact) mass is 571 g/mol. The lowest BCUT2D eigenvalue weighted by atomic mass is 10.1. The molecule has 0 fully saturated rings. The number of aromatic nitrogens is 2. The lowest BCUT2D eigenvalue weighted by molar-refractivity contribution is 0.358. The largest absolute Gasteiger partial charge is 0.489 e. The quantitative estimate of drug-likeness (QED) is 0.112. The van der Waals surface area contributed by atoms with E-state index in [-0.39, 0.29) is 24.0 Å². The molecule has 0 aliphatic heterocycles. The number of nitrogens with zero attached hydrogens (tertiary/aromatic N) is 4. The van der Waals surface area contributed by atoms with Gasteiger partial charge in [0.15, 0.2) is 5.96 Å². The molecule has 0 aliphatic rings. The second kappa shape index (κ2) is 13.9. The minimum atomic E-state index is 0. The van der Waals surface area contributed by atoms with Crippen LogP contribution in [0.1, 0.15) is 23.2 Å². The normalized spacial score (nSPS) is 10.6. The molecule has 4 N–H and O–H groups in total. The Kier molecular flexibility index (Phi) is 10.9. The third-order valence-corrected chi connectivity index (χ3v) is 4.99. The number of rotatable bonds is 10. The van der Waals surface area contributed by atoms with Crippen molar-refractivity contribution in [2.24, 2.45) is 4.99 Å². The number of aryl methyl sites for hydroxylation is 1. The number of aliphatic imine (C=N–C) groups is 1. The number of nitrogens with one attached hydrogen (secondary N) is 2. The van der Waals surface area contributed by atoms with Crippen LogP contribution in [0.2, 0.25) is 0 Å². The molecular formula is C25H30IN7O. The van der Waals surface area contributed by atoms with E-state index < -0.39 is 0 Å². The molecule has 0 amide bonds. The van der Waals surface area contributed by atoms with Crippen molar-refractivity contribution in [3.63, 3.8) is 0 Å². The molecule has 8 nitrogen and oxygen atoms in total. The number of nitrogen functional groups attached to an aromatic ring is 1. The zero-order valence-electron chi connectivity index (χ0n) is 19.2. The molecule has 0 unspecified atom stereocenters. The van der Waals surface area contributed by atoms with Crippen molar-refractivity contribution >= 4 is 35.8 Å². The molecule has 178 valence electrons. The zero-order chi connectivity index (χ0) is 23.5. The first-order valence-corrected chi connectivity index (χ1v) is 10.8. The number of hydrogen-bond donors (Lipinski definition) is 3. The van der Waals surface area contributed by atoms with Crippen LogP contribution in [0, 0.1) is 11.3 Å². The van der Waals surface area contributed by atoms with Gasteiger partial charge in [-0.2, -0.15) is 10.4 Å². The summed E-state index contributed by atoms with van der Waals surface area (Å²) in [6.45, 7) is 5.38. The molecule has 3 aromatic rings. The summed E-state index contributed by atoms with van der Waals surface area (Å²) in [5, 5.41) is 20.7. The molecule has 1 heterocycles. The molecule has 0 radical (unpaired) electrons. The number of nitrogens with two attached hydrogens (primary N) is 1. The van der Waals surface area contributed by atoms with E-state index in [9.17, 15) is 5.26 Å². The van der Waals surface area contributed by atoms with Gasteiger partial charge in [-0.3, -0.25) is 4.99 Å². The van der Waals surface area contributed by atoms with Crippen LogP contribution in [0.15, 0.2) is 72.2 Å². The van der Waals surface area contributed by atoms with Crippen molar-refractivity contribution in [3.05, 3.63) is 84.1 Å². The fourth-order valence-electron chi connectivity index (χ4n) is 3.34. The summed E-state index contributed by atoms with van der Waals surface area (Å²) in [4.78, 5) is 4.28. The maximum atomic E-state index is 9.55. The van der Waals surface area contributed by atoms with E-state index in [4.69, 9.17) is 10.5 Å². The molecule has 0 saturated heterocycles. The molecular weight excluding hydrogens is 541 g/mol. The highest BCUT2D eigenvalue weighted by Gasteiger charge is 2.16. The Hall–Kier alpha value is -3.52. The van der Waals surface area contributed by atoms with Gasteiger partial charge in [-0.05, 0) is 31.0 Å². The van der Waals surface area contributed by atoms with Crippen LogP contribution in [0.5, 0.6) is 5.75 Å². The van der Waals surface area contributed by atoms with Gasteiger partial charge in [0, 0.05) is 25.7 Å². The van der Waals surface area contributed by atoms with Gasteiger partial charge in [0.2, 0.25) is 0 Å². The molecule has 0 aliphatic carbocycles. The van der Waals surface area contributed by atoms with E-state index >= 15 is 0 Å². The maximum Gasteiger partial charge on any atom is 0.191 e. The van der Waals surface area contributed by atoms with Crippen LogP contribution in [0.4, 0.5) is 5.82 Å². The number of hydrogen-bond acceptors (Lipinski definition) is 5. The van der Waals surface area contributed by atoms with Gasteiger partial charge in [-0.15, -0.1) is 24.0 Å². The maximum absolute atomic E-state index is 9.55. The fraction of sp³-hybridized carbons (Fsp3) is 0.240. The first-order valence-electron chi connectivity index (χ1n) is 10.8. The Morgan fingerprint density at radius 2 is 1.94 bits per heavy atom. The minimum absolute atomic E-state index is 0. The van der Waals surface area contributed by atoms with E-state index in [1.54, 1.807) is 17.8 Å². The Morgan fingerprint density at radius 3 is 2.65 bits per heavy atom. The van der Waals surface area contributed by atoms with E-state index in [2.05, 4.69) is 33.4 Å². The lowest BCUT2D eigenvalue weighted by Crippen LogP contribution is -2.37. The third-order valence-electron chi connectivity index (χ3n) is 4.99. The van der Waals surface area contributed by atoms with Crippen molar-refractivity contribution in [2.75, 3.05) is 25.9 Å². The van der Waals surface area contributed by atoms with E-state index in [0.717, 1.165) is 23.4 Å². The molecule has 34 heavy (non-hydrogen) atoms. The topological polar surface area (TPSA) is 113 Å². The Labute approximate surface area is 217 Å². The SMILES string of the molecule is C=CCOc1ccccc1CNC(=NC)NCCCc1nn(-c2ccccc2)c(N)c1C#N.I. The highest BCUT2D eigenvalue weighted by Crippen LogP contribution is 2.21. The van der Waals surface area contributed by atoms with Crippen LogP contribution in [-0.4, -0.2) is 35.9 Å². The summed E-state index contributed by atoms with van der Waals surface area (Å²) >= 11 is 0. The van der Waals surface area contributed by atoms with Crippen LogP contribution >= 0.6 is 24.0 Å². The van der Waals surface area contributed by atoms with Crippen molar-refractivity contribution in [1.29, 1.82) is 5.26 Å². The van der Waals surface area contributed by atoms with Crippen molar-refractivity contribution in [3.8, 4) is 17.5 Å². The lowest BCUT2D eigenvalue weighted by Gasteiger charge is -2.14. The third kappa shape index (κ3) is 6.99. The summed E-state index contributed by atoms with van der Waals surface area (Å²) in [5.74, 6) is 1.86. The first kappa shape index (κ1) is 26.7. The average molecular weight is 571 g/mol. The smallest absolute Gasteiger partial charge is 0.191 e. The zero-order valence-corrected chi connectivity index (χ0v) is 21.5. The second-order valence-corrected chi connectivity index (χ2v) is 7.23. The number of halogens is 1. The minimum Gasteiger partial charge on any atom is -0.489 e. The van der Waals surface area contributed by atoms with Crippen molar-refractivity contribution in [1.82, 2.24) is 20.4 Å². The number of nitriles is 1.